The Morgan fingerprint density at radius 2 is 1.83 bits per heavy atom. The molecule has 0 rings (SSSR count). The van der Waals surface area contributed by atoms with Crippen molar-refractivity contribution in [1.82, 2.24) is 4.91 Å². The Kier molecular flexibility index (Phi) is 9.50. The largest absolute Gasteiger partial charge is 0.394 e. The van der Waals surface area contributed by atoms with Crippen LogP contribution in [0.4, 0.5) is 0 Å². The standard InChI is InChI=1S/C6H14N3O3/c7-9-8-1-3-11-5-6-12-4-2-10/h7,10H,1-6H2/q+1. The normalized spacial score (nSPS) is 9.42. The number of aliphatic hydroxyl groups excluding tert-OH is 1. The van der Waals surface area contributed by atoms with Crippen LogP contribution >= 0.6 is 0 Å². The van der Waals surface area contributed by atoms with E-state index < -0.39 is 0 Å². The number of rotatable bonds is 8. The van der Waals surface area contributed by atoms with E-state index in [0.29, 0.717) is 33.0 Å². The van der Waals surface area contributed by atoms with E-state index in [4.69, 9.17) is 20.1 Å². The molecular weight excluding hydrogens is 162 g/mol. The second-order valence-electron chi connectivity index (χ2n) is 1.91. The second kappa shape index (κ2) is 10.2. The number of hydrogen-bond donors (Lipinski definition) is 2. The summed E-state index contributed by atoms with van der Waals surface area (Å²) < 4.78 is 9.96. The molecule has 0 bridgehead atoms. The van der Waals surface area contributed by atoms with Gasteiger partial charge in [0.2, 0.25) is 4.91 Å². The molecule has 0 atom stereocenters. The molecule has 0 amide bonds. The second-order valence-corrected chi connectivity index (χ2v) is 1.91. The van der Waals surface area contributed by atoms with Crippen molar-refractivity contribution in [3.8, 4) is 0 Å². The van der Waals surface area contributed by atoms with Crippen molar-refractivity contribution in [2.24, 2.45) is 5.11 Å². The van der Waals surface area contributed by atoms with Crippen molar-refractivity contribution in [1.29, 1.82) is 5.53 Å². The third-order valence-corrected chi connectivity index (χ3v) is 1.01. The highest BCUT2D eigenvalue weighted by molar-refractivity contribution is 4.34. The molecule has 0 aliphatic rings. The fourth-order valence-corrected chi connectivity index (χ4v) is 0.542. The first-order valence-electron chi connectivity index (χ1n) is 3.71. The molecule has 2 N–H and O–H groups in total. The van der Waals surface area contributed by atoms with Gasteiger partial charge in [-0.2, -0.15) is 0 Å². The fourth-order valence-electron chi connectivity index (χ4n) is 0.542. The maximum atomic E-state index is 8.32. The summed E-state index contributed by atoms with van der Waals surface area (Å²) in [6.45, 7) is 2.18. The number of ether oxygens (including phenoxy) is 2. The number of nitrogens with one attached hydrogen (secondary N) is 1. The van der Waals surface area contributed by atoms with Gasteiger partial charge in [-0.1, -0.05) is 0 Å². The summed E-state index contributed by atoms with van der Waals surface area (Å²) in [4.78, 5) is 2.81. The zero-order chi connectivity index (χ0) is 9.07. The summed E-state index contributed by atoms with van der Waals surface area (Å²) in [5.41, 5.74) is 6.32. The monoisotopic (exact) mass is 176 g/mol. The van der Waals surface area contributed by atoms with E-state index in [2.05, 4.69) is 10.0 Å². The van der Waals surface area contributed by atoms with Gasteiger partial charge in [-0.3, -0.25) is 0 Å². The van der Waals surface area contributed by atoms with Gasteiger partial charge in [-0.05, 0) is 0 Å². The average molecular weight is 176 g/mol. The van der Waals surface area contributed by atoms with E-state index in [1.54, 1.807) is 0 Å². The van der Waals surface area contributed by atoms with Crippen molar-refractivity contribution in [3.63, 3.8) is 0 Å². The van der Waals surface area contributed by atoms with E-state index in [1.807, 2.05) is 0 Å². The molecular formula is C6H14N3O3+. The first-order valence-corrected chi connectivity index (χ1v) is 3.71. The van der Waals surface area contributed by atoms with Gasteiger partial charge in [0.15, 0.2) is 0 Å². The Labute approximate surface area is 70.7 Å². The lowest BCUT2D eigenvalue weighted by Crippen LogP contribution is -2.08. The zero-order valence-corrected chi connectivity index (χ0v) is 6.90. The summed E-state index contributed by atoms with van der Waals surface area (Å²) >= 11 is 0. The van der Waals surface area contributed by atoms with Crippen LogP contribution < -0.4 is 4.91 Å². The first kappa shape index (κ1) is 11.2. The highest BCUT2D eigenvalue weighted by atomic mass is 16.5. The van der Waals surface area contributed by atoms with Crippen LogP contribution in [-0.2, 0) is 9.47 Å². The Balaban J connectivity index is 2.86. The minimum absolute atomic E-state index is 0.0348. The van der Waals surface area contributed by atoms with E-state index in [9.17, 15) is 0 Å². The lowest BCUT2D eigenvalue weighted by Gasteiger charge is -2.01. The Morgan fingerprint density at radius 1 is 1.17 bits per heavy atom. The van der Waals surface area contributed by atoms with E-state index in [1.165, 1.54) is 0 Å². The van der Waals surface area contributed by atoms with Crippen LogP contribution in [0.15, 0.2) is 5.11 Å². The van der Waals surface area contributed by atoms with Crippen LogP contribution in [0, 0.1) is 5.53 Å². The minimum Gasteiger partial charge on any atom is -0.394 e. The lowest BCUT2D eigenvalue weighted by molar-refractivity contribution is 0.0352. The molecule has 0 aliphatic heterocycles. The van der Waals surface area contributed by atoms with Crippen LogP contribution in [0.25, 0.3) is 0 Å². The number of aliphatic hydroxyl groups is 1. The van der Waals surface area contributed by atoms with Crippen LogP contribution in [0.2, 0.25) is 0 Å². The molecule has 6 nitrogen and oxygen atoms in total. The van der Waals surface area contributed by atoms with Gasteiger partial charge < -0.3 is 14.6 Å². The number of nitrogens with zero attached hydrogens (tertiary/aromatic N) is 2. The van der Waals surface area contributed by atoms with E-state index >= 15 is 0 Å². The van der Waals surface area contributed by atoms with Gasteiger partial charge in [0.1, 0.15) is 17.2 Å². The fraction of sp³-hybridized carbons (Fsp3) is 1.00. The molecule has 0 unspecified atom stereocenters. The Morgan fingerprint density at radius 3 is 2.42 bits per heavy atom. The Hall–Kier alpha value is -0.810. The van der Waals surface area contributed by atoms with Crippen molar-refractivity contribution in [2.75, 3.05) is 39.6 Å². The van der Waals surface area contributed by atoms with Crippen LogP contribution in [0.1, 0.15) is 0 Å². The topological polar surface area (TPSA) is 89.0 Å². The molecule has 0 aromatic carbocycles. The smallest absolute Gasteiger partial charge is 0.214 e. The molecule has 12 heavy (non-hydrogen) atoms. The molecule has 0 saturated carbocycles. The predicted molar refractivity (Wildman–Crippen MR) is 40.9 cm³/mol. The van der Waals surface area contributed by atoms with Crippen molar-refractivity contribution in [2.45, 2.75) is 0 Å². The first-order chi connectivity index (χ1) is 5.91. The summed E-state index contributed by atoms with van der Waals surface area (Å²) in [7, 11) is 0. The van der Waals surface area contributed by atoms with Gasteiger partial charge in [0.25, 0.3) is 0 Å². The average Bonchev–Trinajstić information content (AvgIpc) is 2.10. The third-order valence-electron chi connectivity index (χ3n) is 1.01. The predicted octanol–water partition coefficient (Wildman–Crippen LogP) is -0.438. The molecule has 0 aromatic heterocycles. The highest BCUT2D eigenvalue weighted by Crippen LogP contribution is 1.78. The maximum absolute atomic E-state index is 8.32. The van der Waals surface area contributed by atoms with Gasteiger partial charge >= 0.3 is 0 Å². The lowest BCUT2D eigenvalue weighted by atomic mass is 10.7. The van der Waals surface area contributed by atoms with E-state index in [0.717, 1.165) is 0 Å². The summed E-state index contributed by atoms with van der Waals surface area (Å²) in [5.74, 6) is 0. The van der Waals surface area contributed by atoms with Crippen molar-refractivity contribution >= 4 is 0 Å². The molecule has 0 heterocycles. The minimum atomic E-state index is 0.0348. The summed E-state index contributed by atoms with van der Waals surface area (Å²) in [6.07, 6.45) is 0. The summed E-state index contributed by atoms with van der Waals surface area (Å²) in [6, 6.07) is 0. The molecule has 70 valence electrons. The van der Waals surface area contributed by atoms with Crippen LogP contribution in [0.5, 0.6) is 0 Å². The molecule has 0 aliphatic carbocycles. The highest BCUT2D eigenvalue weighted by Gasteiger charge is 1.90. The molecule has 0 saturated heterocycles. The summed E-state index contributed by atoms with van der Waals surface area (Å²) in [5, 5.41) is 11.7. The van der Waals surface area contributed by atoms with Gasteiger partial charge in [0.05, 0.1) is 33.0 Å². The van der Waals surface area contributed by atoms with Crippen molar-refractivity contribution in [3.05, 3.63) is 0 Å². The third kappa shape index (κ3) is 9.19. The molecule has 0 spiro atoms. The quantitative estimate of drug-likeness (QED) is 0.298. The van der Waals surface area contributed by atoms with Crippen LogP contribution in [0.3, 0.4) is 0 Å². The van der Waals surface area contributed by atoms with Gasteiger partial charge in [0, 0.05) is 0 Å². The Bertz CT molecular complexity index is 136. The number of hydrogen-bond acceptors (Lipinski definition) is 5. The SMILES string of the molecule is N=[N+]=NCCOCCOCCO. The van der Waals surface area contributed by atoms with Gasteiger partial charge in [-0.15, -0.1) is 0 Å². The zero-order valence-electron chi connectivity index (χ0n) is 6.90. The van der Waals surface area contributed by atoms with Gasteiger partial charge in [-0.25, -0.2) is 0 Å². The molecule has 0 fully saturated rings. The van der Waals surface area contributed by atoms with E-state index in [-0.39, 0.29) is 6.61 Å². The molecule has 0 aromatic rings. The molecule has 6 heteroatoms. The van der Waals surface area contributed by atoms with Crippen LogP contribution in [-0.4, -0.2) is 44.7 Å². The molecule has 0 radical (unpaired) electrons. The maximum Gasteiger partial charge on any atom is 0.214 e. The van der Waals surface area contributed by atoms with Crippen molar-refractivity contribution < 1.29 is 14.6 Å².